The van der Waals surface area contributed by atoms with Gasteiger partial charge in [-0.15, -0.1) is 0 Å². The van der Waals surface area contributed by atoms with E-state index < -0.39 is 0 Å². The molecule has 0 aromatic heterocycles. The SMILES string of the molecule is CC1CN(C(=O)C=Cc2ccccc2)CCC1N. The van der Waals surface area contributed by atoms with Gasteiger partial charge in [-0.05, 0) is 24.0 Å². The molecular formula is C15H20N2O. The fourth-order valence-corrected chi connectivity index (χ4v) is 2.20. The number of carbonyl (C=O) groups is 1. The molecule has 1 amide bonds. The molecule has 18 heavy (non-hydrogen) atoms. The Labute approximate surface area is 108 Å². The zero-order valence-electron chi connectivity index (χ0n) is 10.8. The Bertz CT molecular complexity index is 427. The molecule has 3 heteroatoms. The molecule has 1 aliphatic rings. The molecule has 0 bridgehead atoms. The number of piperidine rings is 1. The molecule has 2 unspecified atom stereocenters. The van der Waals surface area contributed by atoms with Gasteiger partial charge in [-0.2, -0.15) is 0 Å². The third kappa shape index (κ3) is 3.20. The van der Waals surface area contributed by atoms with Gasteiger partial charge in [0.2, 0.25) is 5.91 Å². The van der Waals surface area contributed by atoms with Crippen molar-refractivity contribution < 1.29 is 4.79 Å². The summed E-state index contributed by atoms with van der Waals surface area (Å²) in [6.45, 7) is 3.63. The molecule has 0 saturated carbocycles. The maximum absolute atomic E-state index is 12.0. The van der Waals surface area contributed by atoms with Gasteiger partial charge in [-0.3, -0.25) is 4.79 Å². The molecule has 1 aliphatic heterocycles. The maximum atomic E-state index is 12.0. The number of nitrogens with zero attached hydrogens (tertiary/aromatic N) is 1. The molecule has 0 spiro atoms. The second kappa shape index (κ2) is 5.83. The van der Waals surface area contributed by atoms with Gasteiger partial charge in [0.25, 0.3) is 0 Å². The summed E-state index contributed by atoms with van der Waals surface area (Å²) in [4.78, 5) is 13.9. The van der Waals surface area contributed by atoms with Crippen molar-refractivity contribution in [2.45, 2.75) is 19.4 Å². The number of hydrogen-bond donors (Lipinski definition) is 1. The summed E-state index contributed by atoms with van der Waals surface area (Å²) in [6.07, 6.45) is 4.41. The van der Waals surface area contributed by atoms with Crippen molar-refractivity contribution in [3.8, 4) is 0 Å². The van der Waals surface area contributed by atoms with Crippen molar-refractivity contribution in [3.63, 3.8) is 0 Å². The molecule has 3 nitrogen and oxygen atoms in total. The number of nitrogens with two attached hydrogens (primary N) is 1. The van der Waals surface area contributed by atoms with E-state index in [2.05, 4.69) is 6.92 Å². The quantitative estimate of drug-likeness (QED) is 0.808. The fourth-order valence-electron chi connectivity index (χ4n) is 2.20. The molecule has 1 fully saturated rings. The smallest absolute Gasteiger partial charge is 0.246 e. The Morgan fingerprint density at radius 3 is 2.78 bits per heavy atom. The van der Waals surface area contributed by atoms with Gasteiger partial charge in [-0.25, -0.2) is 0 Å². The summed E-state index contributed by atoms with van der Waals surface area (Å²) in [5.74, 6) is 0.463. The van der Waals surface area contributed by atoms with Crippen LogP contribution in [0.5, 0.6) is 0 Å². The number of carbonyl (C=O) groups excluding carboxylic acids is 1. The van der Waals surface area contributed by atoms with Crippen molar-refractivity contribution in [3.05, 3.63) is 42.0 Å². The summed E-state index contributed by atoms with van der Waals surface area (Å²) in [5, 5.41) is 0. The first kappa shape index (κ1) is 12.8. The van der Waals surface area contributed by atoms with E-state index in [1.807, 2.05) is 41.3 Å². The van der Waals surface area contributed by atoms with Crippen LogP contribution in [0.3, 0.4) is 0 Å². The van der Waals surface area contributed by atoms with Gasteiger partial charge in [0.15, 0.2) is 0 Å². The second-order valence-corrected chi connectivity index (χ2v) is 4.96. The molecule has 2 rings (SSSR count). The molecule has 2 N–H and O–H groups in total. The largest absolute Gasteiger partial charge is 0.339 e. The summed E-state index contributed by atoms with van der Waals surface area (Å²) >= 11 is 0. The fraction of sp³-hybridized carbons (Fsp3) is 0.400. The average molecular weight is 244 g/mol. The topological polar surface area (TPSA) is 46.3 Å². The Kier molecular flexibility index (Phi) is 4.15. The van der Waals surface area contributed by atoms with Crippen LogP contribution in [0.15, 0.2) is 36.4 Å². The van der Waals surface area contributed by atoms with E-state index in [0.29, 0.717) is 5.92 Å². The summed E-state index contributed by atoms with van der Waals surface area (Å²) in [7, 11) is 0. The number of hydrogen-bond acceptors (Lipinski definition) is 2. The van der Waals surface area contributed by atoms with Crippen LogP contribution in [-0.4, -0.2) is 29.9 Å². The highest BCUT2D eigenvalue weighted by Crippen LogP contribution is 2.15. The summed E-state index contributed by atoms with van der Waals surface area (Å²) < 4.78 is 0. The third-order valence-corrected chi connectivity index (χ3v) is 3.50. The first-order valence-electron chi connectivity index (χ1n) is 6.44. The summed E-state index contributed by atoms with van der Waals surface area (Å²) in [5.41, 5.74) is 7.00. The van der Waals surface area contributed by atoms with E-state index in [-0.39, 0.29) is 11.9 Å². The number of likely N-dealkylation sites (tertiary alicyclic amines) is 1. The molecule has 1 heterocycles. The Morgan fingerprint density at radius 2 is 2.11 bits per heavy atom. The molecule has 1 aromatic rings. The van der Waals surface area contributed by atoms with Crippen LogP contribution in [-0.2, 0) is 4.79 Å². The van der Waals surface area contributed by atoms with E-state index in [1.54, 1.807) is 6.08 Å². The lowest BCUT2D eigenvalue weighted by atomic mass is 9.95. The van der Waals surface area contributed by atoms with Gasteiger partial charge in [-0.1, -0.05) is 37.3 Å². The van der Waals surface area contributed by atoms with E-state index in [4.69, 9.17) is 5.73 Å². The Hall–Kier alpha value is -1.61. The van der Waals surface area contributed by atoms with E-state index in [0.717, 1.165) is 25.1 Å². The van der Waals surface area contributed by atoms with Crippen LogP contribution in [0.4, 0.5) is 0 Å². The van der Waals surface area contributed by atoms with Crippen molar-refractivity contribution in [2.75, 3.05) is 13.1 Å². The zero-order chi connectivity index (χ0) is 13.0. The lowest BCUT2D eigenvalue weighted by molar-refractivity contribution is -0.127. The minimum absolute atomic E-state index is 0.0811. The van der Waals surface area contributed by atoms with Crippen molar-refractivity contribution in [1.82, 2.24) is 4.90 Å². The standard InChI is InChI=1S/C15H20N2O/c1-12-11-17(10-9-14(12)16)15(18)8-7-13-5-3-2-4-6-13/h2-8,12,14H,9-11,16H2,1H3. The van der Waals surface area contributed by atoms with Crippen molar-refractivity contribution in [1.29, 1.82) is 0 Å². The third-order valence-electron chi connectivity index (χ3n) is 3.50. The second-order valence-electron chi connectivity index (χ2n) is 4.96. The molecule has 0 radical (unpaired) electrons. The van der Waals surface area contributed by atoms with Gasteiger partial charge in [0.1, 0.15) is 0 Å². The number of amides is 1. The first-order chi connectivity index (χ1) is 8.66. The zero-order valence-corrected chi connectivity index (χ0v) is 10.8. The van der Waals surface area contributed by atoms with E-state index >= 15 is 0 Å². The van der Waals surface area contributed by atoms with Gasteiger partial charge in [0.05, 0.1) is 0 Å². The van der Waals surface area contributed by atoms with Crippen LogP contribution < -0.4 is 5.73 Å². The lowest BCUT2D eigenvalue weighted by Gasteiger charge is -2.34. The number of benzene rings is 1. The van der Waals surface area contributed by atoms with Crippen LogP contribution in [0.25, 0.3) is 6.08 Å². The highest BCUT2D eigenvalue weighted by Gasteiger charge is 2.24. The Morgan fingerprint density at radius 1 is 1.39 bits per heavy atom. The predicted molar refractivity (Wildman–Crippen MR) is 73.8 cm³/mol. The van der Waals surface area contributed by atoms with Crippen molar-refractivity contribution >= 4 is 12.0 Å². The summed E-state index contributed by atoms with van der Waals surface area (Å²) in [6, 6.07) is 10.1. The molecule has 0 aliphatic carbocycles. The highest BCUT2D eigenvalue weighted by atomic mass is 16.2. The van der Waals surface area contributed by atoms with Crippen LogP contribution in [0, 0.1) is 5.92 Å². The minimum Gasteiger partial charge on any atom is -0.339 e. The molecule has 2 atom stereocenters. The molecular weight excluding hydrogens is 224 g/mol. The predicted octanol–water partition coefficient (Wildman–Crippen LogP) is 1.90. The number of rotatable bonds is 2. The van der Waals surface area contributed by atoms with Crippen LogP contribution in [0.1, 0.15) is 18.9 Å². The average Bonchev–Trinajstić information content (AvgIpc) is 2.40. The van der Waals surface area contributed by atoms with E-state index in [9.17, 15) is 4.79 Å². The lowest BCUT2D eigenvalue weighted by Crippen LogP contribution is -2.47. The van der Waals surface area contributed by atoms with Gasteiger partial charge in [0, 0.05) is 25.2 Å². The van der Waals surface area contributed by atoms with E-state index in [1.165, 1.54) is 0 Å². The van der Waals surface area contributed by atoms with Crippen LogP contribution in [0.2, 0.25) is 0 Å². The normalized spacial score (nSPS) is 24.4. The highest BCUT2D eigenvalue weighted by molar-refractivity contribution is 5.91. The maximum Gasteiger partial charge on any atom is 0.246 e. The first-order valence-corrected chi connectivity index (χ1v) is 6.44. The molecule has 1 saturated heterocycles. The minimum atomic E-state index is 0.0811. The molecule has 96 valence electrons. The van der Waals surface area contributed by atoms with Crippen LogP contribution >= 0.6 is 0 Å². The molecule has 1 aromatic carbocycles. The van der Waals surface area contributed by atoms with Gasteiger partial charge < -0.3 is 10.6 Å². The van der Waals surface area contributed by atoms with Gasteiger partial charge >= 0.3 is 0 Å². The van der Waals surface area contributed by atoms with Crippen molar-refractivity contribution in [2.24, 2.45) is 11.7 Å². The Balaban J connectivity index is 1.94. The monoisotopic (exact) mass is 244 g/mol.